The minimum absolute atomic E-state index is 0.139. The maximum atomic E-state index is 11.9. The fraction of sp³-hybridized carbons (Fsp3) is 0.700. The molecule has 0 aromatic carbocycles. The van der Waals surface area contributed by atoms with Gasteiger partial charge in [0.1, 0.15) is 6.10 Å². The molecule has 1 aliphatic carbocycles. The second-order valence-electron chi connectivity index (χ2n) is 3.63. The summed E-state index contributed by atoms with van der Waals surface area (Å²) in [6.45, 7) is -0.378. The monoisotopic (exact) mass is 219 g/mol. The Hall–Kier alpha value is -0.970. The molecule has 1 amide bonds. The van der Waals surface area contributed by atoms with Gasteiger partial charge in [0.15, 0.2) is 0 Å². The largest absolute Gasteiger partial charge is 0.385 e. The Bertz CT molecular complexity index is 244. The Morgan fingerprint density at radius 2 is 2.27 bits per heavy atom. The van der Waals surface area contributed by atoms with Crippen LogP contribution >= 0.6 is 0 Å². The maximum Gasteiger partial charge on any atom is 0.265 e. The Kier molecular flexibility index (Phi) is 4.68. The van der Waals surface area contributed by atoms with E-state index in [1.807, 2.05) is 12.2 Å². The highest BCUT2D eigenvalue weighted by Crippen LogP contribution is 2.17. The van der Waals surface area contributed by atoms with E-state index in [9.17, 15) is 13.6 Å². The quantitative estimate of drug-likeness (QED) is 0.695. The van der Waals surface area contributed by atoms with Crippen LogP contribution in [-0.4, -0.2) is 30.1 Å². The normalized spacial score (nSPS) is 22.8. The molecule has 1 aliphatic rings. The second-order valence-corrected chi connectivity index (χ2v) is 3.63. The van der Waals surface area contributed by atoms with Crippen LogP contribution in [0.15, 0.2) is 12.2 Å². The van der Waals surface area contributed by atoms with Crippen molar-refractivity contribution in [3.05, 3.63) is 12.2 Å². The summed E-state index contributed by atoms with van der Waals surface area (Å²) in [6.07, 6.45) is 1.57. The molecule has 0 bridgehead atoms. The lowest BCUT2D eigenvalue weighted by Gasteiger charge is -2.18. The van der Waals surface area contributed by atoms with E-state index in [2.05, 4.69) is 5.32 Å². The molecule has 2 unspecified atom stereocenters. The number of carbonyl (C=O) groups excluding carboxylic acids is 1. The zero-order chi connectivity index (χ0) is 11.3. The summed E-state index contributed by atoms with van der Waals surface area (Å²) in [4.78, 5) is 11.4. The summed E-state index contributed by atoms with van der Waals surface area (Å²) in [7, 11) is 0. The van der Waals surface area contributed by atoms with Gasteiger partial charge in [-0.25, -0.2) is 8.78 Å². The summed E-state index contributed by atoms with van der Waals surface area (Å²) in [5, 5.41) is 11.1. The molecule has 0 saturated heterocycles. The third kappa shape index (κ3) is 3.95. The fourth-order valence-electron chi connectivity index (χ4n) is 1.47. The standard InChI is InChI=1S/C10H15F2NO2/c11-9(12)8(14)6-13-10(15)7-4-2-1-3-5-7/h1-2,7-9,14H,3-6H2,(H,13,15). The number of amides is 1. The molecular formula is C10H15F2NO2. The number of hydrogen-bond donors (Lipinski definition) is 2. The Morgan fingerprint density at radius 3 is 2.80 bits per heavy atom. The summed E-state index contributed by atoms with van der Waals surface area (Å²) in [5.41, 5.74) is 0. The summed E-state index contributed by atoms with van der Waals surface area (Å²) in [5.74, 6) is -0.390. The minimum Gasteiger partial charge on any atom is -0.385 e. The van der Waals surface area contributed by atoms with E-state index in [1.165, 1.54) is 0 Å². The summed E-state index contributed by atoms with van der Waals surface area (Å²) >= 11 is 0. The Labute approximate surface area is 87.2 Å². The molecule has 0 aromatic rings. The van der Waals surface area contributed by atoms with E-state index in [0.717, 1.165) is 12.8 Å². The number of hydrogen-bond acceptors (Lipinski definition) is 2. The van der Waals surface area contributed by atoms with Crippen LogP contribution in [0.25, 0.3) is 0 Å². The van der Waals surface area contributed by atoms with Crippen LogP contribution < -0.4 is 5.32 Å². The number of aliphatic hydroxyl groups excluding tert-OH is 1. The van der Waals surface area contributed by atoms with Crippen molar-refractivity contribution in [3.8, 4) is 0 Å². The third-order valence-corrected chi connectivity index (χ3v) is 2.42. The minimum atomic E-state index is -2.81. The third-order valence-electron chi connectivity index (χ3n) is 2.42. The molecule has 0 saturated carbocycles. The van der Waals surface area contributed by atoms with E-state index in [0.29, 0.717) is 6.42 Å². The molecule has 0 aromatic heterocycles. The highest BCUT2D eigenvalue weighted by Gasteiger charge is 2.21. The van der Waals surface area contributed by atoms with Gasteiger partial charge in [-0.1, -0.05) is 12.2 Å². The van der Waals surface area contributed by atoms with Crippen molar-refractivity contribution in [2.45, 2.75) is 31.8 Å². The van der Waals surface area contributed by atoms with Gasteiger partial charge in [-0.15, -0.1) is 0 Å². The van der Waals surface area contributed by atoms with E-state index in [4.69, 9.17) is 5.11 Å². The van der Waals surface area contributed by atoms with Crippen LogP contribution in [0.1, 0.15) is 19.3 Å². The van der Waals surface area contributed by atoms with Crippen LogP contribution in [-0.2, 0) is 4.79 Å². The van der Waals surface area contributed by atoms with Crippen molar-refractivity contribution in [2.24, 2.45) is 5.92 Å². The summed E-state index contributed by atoms with van der Waals surface area (Å²) in [6, 6.07) is 0. The lowest BCUT2D eigenvalue weighted by molar-refractivity contribution is -0.126. The molecule has 1 rings (SSSR count). The topological polar surface area (TPSA) is 49.3 Å². The molecule has 86 valence electrons. The Morgan fingerprint density at radius 1 is 1.53 bits per heavy atom. The number of rotatable bonds is 4. The van der Waals surface area contributed by atoms with Gasteiger partial charge in [-0.2, -0.15) is 0 Å². The van der Waals surface area contributed by atoms with Crippen molar-refractivity contribution in [3.63, 3.8) is 0 Å². The molecule has 3 nitrogen and oxygen atoms in total. The smallest absolute Gasteiger partial charge is 0.265 e. The lowest BCUT2D eigenvalue weighted by atomic mass is 9.94. The van der Waals surface area contributed by atoms with Crippen LogP contribution in [0, 0.1) is 5.92 Å². The second kappa shape index (κ2) is 5.80. The first-order chi connectivity index (χ1) is 7.11. The van der Waals surface area contributed by atoms with Gasteiger partial charge in [-0.3, -0.25) is 4.79 Å². The first-order valence-corrected chi connectivity index (χ1v) is 5.00. The van der Waals surface area contributed by atoms with Gasteiger partial charge in [0, 0.05) is 12.5 Å². The highest BCUT2D eigenvalue weighted by molar-refractivity contribution is 5.78. The number of carbonyl (C=O) groups is 1. The average Bonchev–Trinajstić information content (AvgIpc) is 2.26. The molecule has 0 fully saturated rings. The molecule has 0 aliphatic heterocycles. The molecular weight excluding hydrogens is 204 g/mol. The number of aliphatic hydroxyl groups is 1. The maximum absolute atomic E-state index is 11.9. The van der Waals surface area contributed by atoms with Crippen molar-refractivity contribution in [1.29, 1.82) is 0 Å². The van der Waals surface area contributed by atoms with Gasteiger partial charge in [0.05, 0.1) is 0 Å². The zero-order valence-electron chi connectivity index (χ0n) is 8.33. The number of halogens is 2. The first-order valence-electron chi connectivity index (χ1n) is 5.00. The fourth-order valence-corrected chi connectivity index (χ4v) is 1.47. The van der Waals surface area contributed by atoms with Crippen LogP contribution in [0.3, 0.4) is 0 Å². The molecule has 0 radical (unpaired) electrons. The van der Waals surface area contributed by atoms with Crippen LogP contribution in [0.5, 0.6) is 0 Å². The first kappa shape index (κ1) is 12.1. The SMILES string of the molecule is O=C(NCC(O)C(F)F)C1CC=CCC1. The van der Waals surface area contributed by atoms with E-state index in [-0.39, 0.29) is 18.4 Å². The van der Waals surface area contributed by atoms with E-state index in [1.54, 1.807) is 0 Å². The summed E-state index contributed by atoms with van der Waals surface area (Å²) < 4.78 is 23.8. The predicted molar refractivity (Wildman–Crippen MR) is 51.5 cm³/mol. The zero-order valence-corrected chi connectivity index (χ0v) is 8.33. The molecule has 5 heteroatoms. The Balaban J connectivity index is 2.26. The number of nitrogens with one attached hydrogen (secondary N) is 1. The highest BCUT2D eigenvalue weighted by atomic mass is 19.3. The number of alkyl halides is 2. The van der Waals surface area contributed by atoms with Gasteiger partial charge >= 0.3 is 0 Å². The van der Waals surface area contributed by atoms with Crippen molar-refractivity contribution in [1.82, 2.24) is 5.32 Å². The van der Waals surface area contributed by atoms with Gasteiger partial charge in [0.2, 0.25) is 5.91 Å². The molecule has 0 heterocycles. The van der Waals surface area contributed by atoms with Crippen molar-refractivity contribution >= 4 is 5.91 Å². The van der Waals surface area contributed by atoms with Crippen molar-refractivity contribution < 1.29 is 18.7 Å². The van der Waals surface area contributed by atoms with Gasteiger partial charge < -0.3 is 10.4 Å². The van der Waals surface area contributed by atoms with E-state index >= 15 is 0 Å². The molecule has 0 spiro atoms. The average molecular weight is 219 g/mol. The van der Waals surface area contributed by atoms with Gasteiger partial charge in [-0.05, 0) is 19.3 Å². The van der Waals surface area contributed by atoms with E-state index < -0.39 is 12.5 Å². The van der Waals surface area contributed by atoms with Crippen molar-refractivity contribution in [2.75, 3.05) is 6.54 Å². The molecule has 15 heavy (non-hydrogen) atoms. The van der Waals surface area contributed by atoms with Crippen LogP contribution in [0.2, 0.25) is 0 Å². The number of allylic oxidation sites excluding steroid dienone is 2. The van der Waals surface area contributed by atoms with Crippen LogP contribution in [0.4, 0.5) is 8.78 Å². The lowest BCUT2D eigenvalue weighted by Crippen LogP contribution is -2.39. The predicted octanol–water partition coefficient (Wildman–Crippen LogP) is 1.08. The van der Waals surface area contributed by atoms with Gasteiger partial charge in [0.25, 0.3) is 6.43 Å². The molecule has 2 atom stereocenters. The molecule has 2 N–H and O–H groups in total.